The van der Waals surface area contributed by atoms with Crippen LogP contribution < -0.4 is 5.32 Å². The smallest absolute Gasteiger partial charge is 0.220 e. The van der Waals surface area contributed by atoms with Crippen LogP contribution in [0, 0.1) is 0 Å². The molecular weight excluding hydrogens is 314 g/mol. The number of benzene rings is 1. The molecule has 1 aromatic carbocycles. The third-order valence-corrected chi connectivity index (χ3v) is 4.60. The van der Waals surface area contributed by atoms with Crippen LogP contribution in [0.2, 0.25) is 0 Å². The standard InChI is InChI=1S/C19H21N5O/c25-19(22-16-7-8-18-20-10-11-23(18)14-16)9-6-15-12-21-24(13-15)17-4-2-1-3-5-17/h1-5,10-13,16H,6-9,14H2,(H,22,25)/t16-/m1/s1. The Labute approximate surface area is 146 Å². The molecule has 0 spiro atoms. The summed E-state index contributed by atoms with van der Waals surface area (Å²) in [5.41, 5.74) is 2.09. The fourth-order valence-corrected chi connectivity index (χ4v) is 3.25. The van der Waals surface area contributed by atoms with Gasteiger partial charge in [0.2, 0.25) is 5.91 Å². The van der Waals surface area contributed by atoms with E-state index >= 15 is 0 Å². The average Bonchev–Trinajstić information content (AvgIpc) is 3.30. The Balaban J connectivity index is 1.29. The lowest BCUT2D eigenvalue weighted by Crippen LogP contribution is -2.40. The third kappa shape index (κ3) is 3.63. The van der Waals surface area contributed by atoms with Crippen LogP contribution in [0.4, 0.5) is 0 Å². The molecule has 4 rings (SSSR count). The first kappa shape index (κ1) is 15.6. The second kappa shape index (κ2) is 6.93. The van der Waals surface area contributed by atoms with Crippen LogP contribution in [-0.4, -0.2) is 31.3 Å². The second-order valence-corrected chi connectivity index (χ2v) is 6.43. The second-order valence-electron chi connectivity index (χ2n) is 6.43. The number of fused-ring (bicyclic) bond motifs is 1. The van der Waals surface area contributed by atoms with Crippen LogP contribution in [-0.2, 0) is 24.2 Å². The number of carbonyl (C=O) groups is 1. The summed E-state index contributed by atoms with van der Waals surface area (Å²) in [5.74, 6) is 1.21. The van der Waals surface area contributed by atoms with Gasteiger partial charge in [0.1, 0.15) is 5.82 Å². The highest BCUT2D eigenvalue weighted by molar-refractivity contribution is 5.76. The summed E-state index contributed by atoms with van der Waals surface area (Å²) in [6, 6.07) is 10.2. The molecule has 0 unspecified atom stereocenters. The molecule has 128 valence electrons. The van der Waals surface area contributed by atoms with E-state index in [0.29, 0.717) is 12.8 Å². The third-order valence-electron chi connectivity index (χ3n) is 4.60. The van der Waals surface area contributed by atoms with E-state index in [1.165, 1.54) is 0 Å². The molecule has 6 heteroatoms. The number of aromatic nitrogens is 4. The zero-order valence-corrected chi connectivity index (χ0v) is 14.0. The van der Waals surface area contributed by atoms with Crippen LogP contribution in [0.1, 0.15) is 24.2 Å². The molecule has 0 radical (unpaired) electrons. The first-order chi connectivity index (χ1) is 12.3. The predicted octanol–water partition coefficient (Wildman–Crippen LogP) is 2.13. The van der Waals surface area contributed by atoms with E-state index in [1.807, 2.05) is 59.8 Å². The number of carbonyl (C=O) groups excluding carboxylic acids is 1. The summed E-state index contributed by atoms with van der Waals surface area (Å²) in [7, 11) is 0. The highest BCUT2D eigenvalue weighted by Crippen LogP contribution is 2.14. The number of nitrogens with one attached hydrogen (secondary N) is 1. The topological polar surface area (TPSA) is 64.7 Å². The number of nitrogens with zero attached hydrogens (tertiary/aromatic N) is 4. The number of hydrogen-bond donors (Lipinski definition) is 1. The van der Waals surface area contributed by atoms with E-state index in [4.69, 9.17) is 0 Å². The first-order valence-electron chi connectivity index (χ1n) is 8.66. The molecule has 3 heterocycles. The highest BCUT2D eigenvalue weighted by Gasteiger charge is 2.20. The zero-order valence-electron chi connectivity index (χ0n) is 14.0. The van der Waals surface area contributed by atoms with Crippen molar-refractivity contribution in [3.63, 3.8) is 0 Å². The van der Waals surface area contributed by atoms with Crippen LogP contribution in [0.25, 0.3) is 5.69 Å². The Morgan fingerprint density at radius 2 is 2.16 bits per heavy atom. The van der Waals surface area contributed by atoms with Gasteiger partial charge in [-0.15, -0.1) is 0 Å². The van der Waals surface area contributed by atoms with Gasteiger partial charge in [0.05, 0.1) is 11.9 Å². The molecule has 1 atom stereocenters. The van der Waals surface area contributed by atoms with E-state index in [2.05, 4.69) is 20.0 Å². The molecule has 1 amide bonds. The van der Waals surface area contributed by atoms with Crippen molar-refractivity contribution in [3.8, 4) is 5.69 Å². The number of hydrogen-bond acceptors (Lipinski definition) is 3. The van der Waals surface area contributed by atoms with Gasteiger partial charge in [0, 0.05) is 44.0 Å². The first-order valence-corrected chi connectivity index (χ1v) is 8.66. The largest absolute Gasteiger partial charge is 0.352 e. The van der Waals surface area contributed by atoms with E-state index in [-0.39, 0.29) is 11.9 Å². The predicted molar refractivity (Wildman–Crippen MR) is 94.4 cm³/mol. The number of imidazole rings is 1. The van der Waals surface area contributed by atoms with Gasteiger partial charge in [-0.25, -0.2) is 9.67 Å². The van der Waals surface area contributed by atoms with Gasteiger partial charge in [-0.3, -0.25) is 4.79 Å². The van der Waals surface area contributed by atoms with Crippen molar-refractivity contribution in [1.82, 2.24) is 24.6 Å². The van der Waals surface area contributed by atoms with Crippen molar-refractivity contribution in [3.05, 3.63) is 66.5 Å². The molecule has 0 aliphatic carbocycles. The molecule has 0 saturated carbocycles. The maximum absolute atomic E-state index is 12.2. The Hall–Kier alpha value is -2.89. The SMILES string of the molecule is O=C(CCc1cnn(-c2ccccc2)c1)N[C@@H]1CCc2nccn2C1. The minimum Gasteiger partial charge on any atom is -0.352 e. The van der Waals surface area contributed by atoms with E-state index < -0.39 is 0 Å². The van der Waals surface area contributed by atoms with Gasteiger partial charge < -0.3 is 9.88 Å². The molecule has 3 aromatic rings. The van der Waals surface area contributed by atoms with Crippen molar-refractivity contribution in [1.29, 1.82) is 0 Å². The van der Waals surface area contributed by atoms with E-state index in [0.717, 1.165) is 36.5 Å². The number of rotatable bonds is 5. The number of aryl methyl sites for hydroxylation is 2. The minimum absolute atomic E-state index is 0.0982. The van der Waals surface area contributed by atoms with Crippen molar-refractivity contribution in [2.24, 2.45) is 0 Å². The van der Waals surface area contributed by atoms with Gasteiger partial charge in [-0.1, -0.05) is 18.2 Å². The zero-order chi connectivity index (χ0) is 17.1. The average molecular weight is 335 g/mol. The summed E-state index contributed by atoms with van der Waals surface area (Å²) in [6.45, 7) is 0.813. The Kier molecular flexibility index (Phi) is 4.33. The molecule has 1 aliphatic rings. The van der Waals surface area contributed by atoms with Gasteiger partial charge >= 0.3 is 0 Å². The van der Waals surface area contributed by atoms with Crippen LogP contribution in [0.5, 0.6) is 0 Å². The maximum Gasteiger partial charge on any atom is 0.220 e. The Bertz CT molecular complexity index is 852. The molecule has 0 bridgehead atoms. The summed E-state index contributed by atoms with van der Waals surface area (Å²) in [6.07, 6.45) is 10.7. The van der Waals surface area contributed by atoms with Gasteiger partial charge in [0.25, 0.3) is 0 Å². The van der Waals surface area contributed by atoms with Crippen LogP contribution >= 0.6 is 0 Å². The summed E-state index contributed by atoms with van der Waals surface area (Å²) in [5, 5.41) is 7.52. The lowest BCUT2D eigenvalue weighted by atomic mass is 10.1. The molecule has 0 saturated heterocycles. The van der Waals surface area contributed by atoms with Crippen molar-refractivity contribution in [2.45, 2.75) is 38.3 Å². The van der Waals surface area contributed by atoms with E-state index in [1.54, 1.807) is 0 Å². The summed E-state index contributed by atoms with van der Waals surface area (Å²) >= 11 is 0. The summed E-state index contributed by atoms with van der Waals surface area (Å²) in [4.78, 5) is 16.6. The molecule has 6 nitrogen and oxygen atoms in total. The fourth-order valence-electron chi connectivity index (χ4n) is 3.25. The number of amides is 1. The van der Waals surface area contributed by atoms with Crippen molar-refractivity contribution in [2.75, 3.05) is 0 Å². The van der Waals surface area contributed by atoms with Crippen LogP contribution in [0.3, 0.4) is 0 Å². The Morgan fingerprint density at radius 1 is 1.28 bits per heavy atom. The normalized spacial score (nSPS) is 16.4. The van der Waals surface area contributed by atoms with Crippen molar-refractivity contribution < 1.29 is 4.79 Å². The monoisotopic (exact) mass is 335 g/mol. The quantitative estimate of drug-likeness (QED) is 0.777. The van der Waals surface area contributed by atoms with E-state index in [9.17, 15) is 4.79 Å². The van der Waals surface area contributed by atoms with Crippen LogP contribution in [0.15, 0.2) is 55.1 Å². The van der Waals surface area contributed by atoms with Gasteiger partial charge in [-0.2, -0.15) is 5.10 Å². The molecule has 1 N–H and O–H groups in total. The summed E-state index contributed by atoms with van der Waals surface area (Å²) < 4.78 is 3.97. The fraction of sp³-hybridized carbons (Fsp3) is 0.316. The maximum atomic E-state index is 12.2. The molecular formula is C19H21N5O. The lowest BCUT2D eigenvalue weighted by molar-refractivity contribution is -0.122. The molecule has 25 heavy (non-hydrogen) atoms. The Morgan fingerprint density at radius 3 is 3.04 bits per heavy atom. The van der Waals surface area contributed by atoms with Gasteiger partial charge in [0.15, 0.2) is 0 Å². The number of para-hydroxylation sites is 1. The minimum atomic E-state index is 0.0982. The van der Waals surface area contributed by atoms with Gasteiger partial charge in [-0.05, 0) is 30.5 Å². The lowest BCUT2D eigenvalue weighted by Gasteiger charge is -2.24. The molecule has 0 fully saturated rings. The molecule has 1 aliphatic heterocycles. The highest BCUT2D eigenvalue weighted by atomic mass is 16.1. The molecule has 2 aromatic heterocycles. The van der Waals surface area contributed by atoms with Crippen molar-refractivity contribution >= 4 is 5.91 Å².